The second kappa shape index (κ2) is 14.2. The largest absolute Gasteiger partial charge is 0.493 e. The van der Waals surface area contributed by atoms with Crippen LogP contribution in [-0.2, 0) is 0 Å². The molecule has 10 heteroatoms. The van der Waals surface area contributed by atoms with Crippen LogP contribution in [-0.4, -0.2) is 63.5 Å². The monoisotopic (exact) mass is 548 g/mol. The maximum absolute atomic E-state index is 13.5. The molecule has 1 aromatic rings. The summed E-state index contributed by atoms with van der Waals surface area (Å²) in [5.41, 5.74) is -0.174. The van der Waals surface area contributed by atoms with E-state index in [1.807, 2.05) is 28.4 Å². The minimum atomic E-state index is -0.505. The summed E-state index contributed by atoms with van der Waals surface area (Å²) in [7, 11) is 1.48. The smallest absolute Gasteiger partial charge is 0.286 e. The Morgan fingerprint density at radius 1 is 1.25 bits per heavy atom. The maximum Gasteiger partial charge on any atom is 0.286 e. The van der Waals surface area contributed by atoms with Crippen molar-refractivity contribution in [3.05, 3.63) is 27.8 Å². The Morgan fingerprint density at radius 3 is 2.56 bits per heavy atom. The van der Waals surface area contributed by atoms with Gasteiger partial charge in [0.1, 0.15) is 5.56 Å². The summed E-state index contributed by atoms with van der Waals surface area (Å²) in [6, 6.07) is 2.87. The van der Waals surface area contributed by atoms with E-state index < -0.39 is 4.92 Å². The zero-order valence-electron chi connectivity index (χ0n) is 19.0. The molecule has 0 spiro atoms. The number of carbonyl (C=O) groups excluding carboxylic acids is 1. The van der Waals surface area contributed by atoms with Gasteiger partial charge in [-0.25, -0.2) is 0 Å². The SMILES string of the molecule is CCSC(SCC)C1CCCN1C(=O)c1cc(OC)c(OCCCCCBr)cc1[N+](=O)[O-]. The number of hydrogen-bond acceptors (Lipinski definition) is 7. The molecule has 1 atom stereocenters. The zero-order chi connectivity index (χ0) is 23.5. The van der Waals surface area contributed by atoms with Crippen molar-refractivity contribution >= 4 is 51.0 Å². The number of methoxy groups -OCH3 is 1. The molecule has 0 aromatic heterocycles. The Morgan fingerprint density at radius 2 is 1.97 bits per heavy atom. The second-order valence-corrected chi connectivity index (χ2v) is 11.3. The third-order valence-electron chi connectivity index (χ3n) is 5.28. The van der Waals surface area contributed by atoms with Crippen LogP contribution in [0.25, 0.3) is 0 Å². The lowest BCUT2D eigenvalue weighted by Crippen LogP contribution is -2.41. The van der Waals surface area contributed by atoms with E-state index >= 15 is 0 Å². The van der Waals surface area contributed by atoms with Crippen molar-refractivity contribution in [2.75, 3.05) is 37.1 Å². The van der Waals surface area contributed by atoms with Crippen molar-refractivity contribution in [3.63, 3.8) is 0 Å². The van der Waals surface area contributed by atoms with Gasteiger partial charge < -0.3 is 14.4 Å². The number of amides is 1. The summed E-state index contributed by atoms with van der Waals surface area (Å²) < 4.78 is 11.5. The van der Waals surface area contributed by atoms with Crippen molar-refractivity contribution < 1.29 is 19.2 Å². The number of alkyl halides is 1. The average Bonchev–Trinajstić information content (AvgIpc) is 3.27. The highest BCUT2D eigenvalue weighted by atomic mass is 79.9. The standard InChI is InChI=1S/C22H33BrN2O5S2/c1-4-31-22(32-5-2)17-10-9-12-24(17)21(26)16-14-19(29-3)20(15-18(16)25(27)28)30-13-8-6-7-11-23/h14-15,17,22H,4-13H2,1-3H3. The van der Waals surface area contributed by atoms with Gasteiger partial charge in [-0.05, 0) is 43.6 Å². The highest BCUT2D eigenvalue weighted by Crippen LogP contribution is 2.39. The molecule has 180 valence electrons. The Balaban J connectivity index is 2.30. The Hall–Kier alpha value is -1.13. The van der Waals surface area contributed by atoms with Crippen molar-refractivity contribution in [1.82, 2.24) is 4.90 Å². The quantitative estimate of drug-likeness (QED) is 0.0928. The van der Waals surface area contributed by atoms with E-state index in [1.54, 1.807) is 0 Å². The number of ether oxygens (including phenoxy) is 2. The van der Waals surface area contributed by atoms with Crippen LogP contribution in [0.3, 0.4) is 0 Å². The molecule has 1 saturated heterocycles. The molecule has 1 unspecified atom stereocenters. The zero-order valence-corrected chi connectivity index (χ0v) is 22.2. The predicted octanol–water partition coefficient (Wildman–Crippen LogP) is 5.98. The fourth-order valence-corrected chi connectivity index (χ4v) is 7.05. The van der Waals surface area contributed by atoms with Crippen LogP contribution in [0.4, 0.5) is 5.69 Å². The molecule has 2 rings (SSSR count). The summed E-state index contributed by atoms with van der Waals surface area (Å²) >= 11 is 7.07. The molecular weight excluding hydrogens is 516 g/mol. The van der Waals surface area contributed by atoms with Crippen molar-refractivity contribution in [2.24, 2.45) is 0 Å². The van der Waals surface area contributed by atoms with Crippen LogP contribution in [0.5, 0.6) is 11.5 Å². The van der Waals surface area contributed by atoms with E-state index in [4.69, 9.17) is 9.47 Å². The first kappa shape index (κ1) is 27.1. The molecule has 1 heterocycles. The lowest BCUT2D eigenvalue weighted by molar-refractivity contribution is -0.385. The van der Waals surface area contributed by atoms with Gasteiger partial charge in [-0.2, -0.15) is 0 Å². The van der Waals surface area contributed by atoms with Crippen LogP contribution in [0.2, 0.25) is 0 Å². The predicted molar refractivity (Wildman–Crippen MR) is 137 cm³/mol. The van der Waals surface area contributed by atoms with Gasteiger partial charge in [0.25, 0.3) is 11.6 Å². The first-order valence-corrected chi connectivity index (χ1v) is 14.3. The van der Waals surface area contributed by atoms with Crippen LogP contribution in [0.1, 0.15) is 56.3 Å². The van der Waals surface area contributed by atoms with Crippen LogP contribution >= 0.6 is 39.5 Å². The number of hydrogen-bond donors (Lipinski definition) is 0. The minimum absolute atomic E-state index is 0.0622. The molecular formula is C22H33BrN2O5S2. The van der Waals surface area contributed by atoms with Gasteiger partial charge in [-0.3, -0.25) is 14.9 Å². The van der Waals surface area contributed by atoms with Crippen LogP contribution < -0.4 is 9.47 Å². The van der Waals surface area contributed by atoms with Crippen LogP contribution in [0, 0.1) is 10.1 Å². The molecule has 7 nitrogen and oxygen atoms in total. The van der Waals surface area contributed by atoms with Crippen LogP contribution in [0.15, 0.2) is 12.1 Å². The van der Waals surface area contributed by atoms with Crippen molar-refractivity contribution in [2.45, 2.75) is 56.6 Å². The summed E-state index contributed by atoms with van der Waals surface area (Å²) in [6.45, 7) is 5.28. The van der Waals surface area contributed by atoms with Gasteiger partial charge in [-0.15, -0.1) is 23.5 Å². The molecule has 1 aromatic carbocycles. The lowest BCUT2D eigenvalue weighted by Gasteiger charge is -2.31. The molecule has 0 saturated carbocycles. The highest BCUT2D eigenvalue weighted by Gasteiger charge is 2.38. The van der Waals surface area contributed by atoms with E-state index in [9.17, 15) is 14.9 Å². The van der Waals surface area contributed by atoms with Gasteiger partial charge in [0.15, 0.2) is 11.5 Å². The lowest BCUT2D eigenvalue weighted by atomic mass is 10.1. The molecule has 0 aliphatic carbocycles. The second-order valence-electron chi connectivity index (χ2n) is 7.36. The van der Waals surface area contributed by atoms with Gasteiger partial charge >= 0.3 is 0 Å². The first-order chi connectivity index (χ1) is 15.5. The first-order valence-electron chi connectivity index (χ1n) is 11.1. The maximum atomic E-state index is 13.5. The molecule has 1 aliphatic rings. The third kappa shape index (κ3) is 7.18. The Kier molecular flexibility index (Phi) is 12.0. The summed E-state index contributed by atoms with van der Waals surface area (Å²) in [4.78, 5) is 26.7. The van der Waals surface area contributed by atoms with Crippen molar-refractivity contribution in [3.8, 4) is 11.5 Å². The average molecular weight is 550 g/mol. The molecule has 0 bridgehead atoms. The topological polar surface area (TPSA) is 81.9 Å². The number of unbranched alkanes of at least 4 members (excludes halogenated alkanes) is 2. The molecule has 1 fully saturated rings. The molecule has 0 N–H and O–H groups in total. The van der Waals surface area contributed by atoms with Gasteiger partial charge in [0.05, 0.1) is 35.3 Å². The number of carbonyl (C=O) groups is 1. The number of nitro benzene ring substituents is 1. The Labute approximate surface area is 207 Å². The molecule has 32 heavy (non-hydrogen) atoms. The summed E-state index contributed by atoms with van der Waals surface area (Å²) in [6.07, 6.45) is 4.69. The van der Waals surface area contributed by atoms with E-state index in [0.29, 0.717) is 24.7 Å². The number of thioether (sulfide) groups is 2. The number of likely N-dealkylation sites (tertiary alicyclic amines) is 1. The highest BCUT2D eigenvalue weighted by molar-refractivity contribution is 9.09. The number of benzene rings is 1. The third-order valence-corrected chi connectivity index (χ3v) is 8.61. The van der Waals surface area contributed by atoms with E-state index in [1.165, 1.54) is 19.2 Å². The van der Waals surface area contributed by atoms with Gasteiger partial charge in [-0.1, -0.05) is 29.8 Å². The fourth-order valence-electron chi connectivity index (χ4n) is 3.78. The minimum Gasteiger partial charge on any atom is -0.493 e. The van der Waals surface area contributed by atoms with E-state index in [-0.39, 0.29) is 27.8 Å². The molecule has 1 amide bonds. The fraction of sp³-hybridized carbons (Fsp3) is 0.682. The Bertz CT molecular complexity index is 762. The number of nitrogens with zero attached hydrogens (tertiary/aromatic N) is 2. The number of nitro groups is 1. The van der Waals surface area contributed by atoms with Gasteiger partial charge in [0, 0.05) is 17.9 Å². The van der Waals surface area contributed by atoms with Crippen molar-refractivity contribution in [1.29, 1.82) is 0 Å². The van der Waals surface area contributed by atoms with E-state index in [2.05, 4.69) is 29.8 Å². The summed E-state index contributed by atoms with van der Waals surface area (Å²) in [5.74, 6) is 2.27. The number of halogens is 1. The van der Waals surface area contributed by atoms with E-state index in [0.717, 1.165) is 48.9 Å². The normalized spacial score (nSPS) is 15.9. The van der Waals surface area contributed by atoms with Gasteiger partial charge in [0.2, 0.25) is 0 Å². The summed E-state index contributed by atoms with van der Waals surface area (Å²) in [5, 5.41) is 12.8. The molecule has 1 aliphatic heterocycles. The molecule has 0 radical (unpaired) electrons. The number of rotatable bonds is 14.